The van der Waals surface area contributed by atoms with Gasteiger partial charge in [0.2, 0.25) is 11.7 Å². The molecule has 1 aliphatic rings. The molecule has 2 aromatic rings. The number of nitrogens with one attached hydrogen (secondary N) is 2. The molecule has 0 atom stereocenters. The fourth-order valence-electron chi connectivity index (χ4n) is 2.33. The molecule has 3 rings (SSSR count). The Labute approximate surface area is 132 Å². The standard InChI is InChI=1S/C14H18N6O3/c1-3-16-19-14-17-11(20-4-6-22-7-5-20)9-8-10(12(21)15-2)23-13(9)18-14/h3,8H,4-7H2,1-2H3,(H,15,21)(H,17,18,19)/b16-3+. The van der Waals surface area contributed by atoms with Crippen molar-refractivity contribution in [1.29, 1.82) is 0 Å². The number of rotatable bonds is 4. The van der Waals surface area contributed by atoms with Crippen LogP contribution in [0.2, 0.25) is 0 Å². The maximum absolute atomic E-state index is 11.8. The third-order valence-electron chi connectivity index (χ3n) is 3.43. The van der Waals surface area contributed by atoms with Crippen LogP contribution >= 0.6 is 0 Å². The summed E-state index contributed by atoms with van der Waals surface area (Å²) in [4.78, 5) is 22.7. The fourth-order valence-corrected chi connectivity index (χ4v) is 2.33. The Morgan fingerprint density at radius 1 is 1.39 bits per heavy atom. The van der Waals surface area contributed by atoms with E-state index in [0.29, 0.717) is 49.2 Å². The average Bonchev–Trinajstić information content (AvgIpc) is 3.03. The molecule has 1 fully saturated rings. The van der Waals surface area contributed by atoms with Gasteiger partial charge in [-0.15, -0.1) is 0 Å². The van der Waals surface area contributed by atoms with Crippen LogP contribution < -0.4 is 15.6 Å². The van der Waals surface area contributed by atoms with Crippen molar-refractivity contribution < 1.29 is 13.9 Å². The number of anilines is 2. The Morgan fingerprint density at radius 2 is 2.17 bits per heavy atom. The fraction of sp³-hybridized carbons (Fsp3) is 0.429. The first-order valence-corrected chi connectivity index (χ1v) is 7.33. The highest BCUT2D eigenvalue weighted by molar-refractivity contribution is 5.98. The number of hydrazone groups is 1. The predicted octanol–water partition coefficient (Wildman–Crippen LogP) is 0.837. The number of hydrogen-bond acceptors (Lipinski definition) is 8. The van der Waals surface area contributed by atoms with Gasteiger partial charge in [0, 0.05) is 32.4 Å². The van der Waals surface area contributed by atoms with Crippen LogP contribution in [0.15, 0.2) is 15.6 Å². The molecule has 2 aromatic heterocycles. The summed E-state index contributed by atoms with van der Waals surface area (Å²) in [6, 6.07) is 1.66. The summed E-state index contributed by atoms with van der Waals surface area (Å²) in [5, 5.41) is 7.16. The molecule has 1 saturated heterocycles. The highest BCUT2D eigenvalue weighted by atomic mass is 16.5. The average molecular weight is 318 g/mol. The third-order valence-corrected chi connectivity index (χ3v) is 3.43. The number of hydrogen-bond donors (Lipinski definition) is 2. The number of furan rings is 1. The van der Waals surface area contributed by atoms with Crippen molar-refractivity contribution in [1.82, 2.24) is 15.3 Å². The van der Waals surface area contributed by atoms with Crippen molar-refractivity contribution in [3.05, 3.63) is 11.8 Å². The van der Waals surface area contributed by atoms with Crippen molar-refractivity contribution >= 4 is 35.0 Å². The lowest BCUT2D eigenvalue weighted by molar-refractivity contribution is 0.0937. The number of carbonyl (C=O) groups excluding carboxylic acids is 1. The molecule has 0 bridgehead atoms. The van der Waals surface area contributed by atoms with E-state index in [1.54, 1.807) is 26.3 Å². The van der Waals surface area contributed by atoms with E-state index >= 15 is 0 Å². The van der Waals surface area contributed by atoms with Crippen LogP contribution in [-0.4, -0.2) is 55.4 Å². The highest BCUT2D eigenvalue weighted by Crippen LogP contribution is 2.29. The lowest BCUT2D eigenvalue weighted by Gasteiger charge is -2.28. The number of ether oxygens (including phenoxy) is 1. The molecule has 0 radical (unpaired) electrons. The third kappa shape index (κ3) is 3.09. The Morgan fingerprint density at radius 3 is 2.87 bits per heavy atom. The molecule has 23 heavy (non-hydrogen) atoms. The minimum atomic E-state index is -0.308. The van der Waals surface area contributed by atoms with Crippen molar-refractivity contribution in [3.8, 4) is 0 Å². The van der Waals surface area contributed by atoms with Gasteiger partial charge < -0.3 is 19.4 Å². The first kappa shape index (κ1) is 15.2. The number of fused-ring (bicyclic) bond motifs is 1. The van der Waals surface area contributed by atoms with Gasteiger partial charge in [-0.1, -0.05) is 0 Å². The predicted molar refractivity (Wildman–Crippen MR) is 86.0 cm³/mol. The Balaban J connectivity index is 2.08. The molecule has 0 aliphatic carbocycles. The lowest BCUT2D eigenvalue weighted by atomic mass is 10.3. The number of nitrogens with zero attached hydrogens (tertiary/aromatic N) is 4. The summed E-state index contributed by atoms with van der Waals surface area (Å²) < 4.78 is 10.9. The van der Waals surface area contributed by atoms with Crippen molar-refractivity contribution in [2.24, 2.45) is 5.10 Å². The zero-order chi connectivity index (χ0) is 16.2. The van der Waals surface area contributed by atoms with Crippen LogP contribution in [0.1, 0.15) is 17.5 Å². The Kier molecular flexibility index (Phi) is 4.38. The van der Waals surface area contributed by atoms with Crippen LogP contribution in [-0.2, 0) is 4.74 Å². The molecule has 0 spiro atoms. The van der Waals surface area contributed by atoms with E-state index in [-0.39, 0.29) is 11.7 Å². The molecule has 0 aromatic carbocycles. The first-order chi connectivity index (χ1) is 11.2. The van der Waals surface area contributed by atoms with Gasteiger partial charge in [-0.2, -0.15) is 15.1 Å². The quantitative estimate of drug-likeness (QED) is 0.635. The van der Waals surface area contributed by atoms with Crippen molar-refractivity contribution in [2.45, 2.75) is 6.92 Å². The van der Waals surface area contributed by atoms with Gasteiger partial charge in [0.15, 0.2) is 5.76 Å². The maximum Gasteiger partial charge on any atom is 0.286 e. The number of morpholine rings is 1. The maximum atomic E-state index is 11.8. The number of amides is 1. The Bertz CT molecular complexity index is 735. The second-order valence-corrected chi connectivity index (χ2v) is 4.88. The number of aromatic nitrogens is 2. The molecule has 1 aliphatic heterocycles. The Hall–Kier alpha value is -2.68. The van der Waals surface area contributed by atoms with Crippen molar-refractivity contribution in [2.75, 3.05) is 43.7 Å². The van der Waals surface area contributed by atoms with E-state index < -0.39 is 0 Å². The number of carbonyl (C=O) groups is 1. The van der Waals surface area contributed by atoms with E-state index in [1.807, 2.05) is 0 Å². The summed E-state index contributed by atoms with van der Waals surface area (Å²) in [6.07, 6.45) is 1.60. The largest absolute Gasteiger partial charge is 0.432 e. The summed E-state index contributed by atoms with van der Waals surface area (Å²) in [5.41, 5.74) is 3.09. The smallest absolute Gasteiger partial charge is 0.286 e. The van der Waals surface area contributed by atoms with E-state index in [2.05, 4.69) is 30.7 Å². The molecule has 122 valence electrons. The summed E-state index contributed by atoms with van der Waals surface area (Å²) in [6.45, 7) is 4.46. The van der Waals surface area contributed by atoms with Crippen LogP contribution in [0.4, 0.5) is 11.8 Å². The molecule has 0 unspecified atom stereocenters. The van der Waals surface area contributed by atoms with Gasteiger partial charge in [-0.3, -0.25) is 4.79 Å². The van der Waals surface area contributed by atoms with Crippen LogP contribution in [0.5, 0.6) is 0 Å². The van der Waals surface area contributed by atoms with Crippen molar-refractivity contribution in [3.63, 3.8) is 0 Å². The van der Waals surface area contributed by atoms with E-state index in [1.165, 1.54) is 0 Å². The van der Waals surface area contributed by atoms with E-state index in [4.69, 9.17) is 9.15 Å². The van der Waals surface area contributed by atoms with Gasteiger partial charge in [0.25, 0.3) is 5.91 Å². The van der Waals surface area contributed by atoms with Crippen LogP contribution in [0, 0.1) is 0 Å². The molecule has 9 nitrogen and oxygen atoms in total. The summed E-state index contributed by atoms with van der Waals surface area (Å²) >= 11 is 0. The summed E-state index contributed by atoms with van der Waals surface area (Å²) in [7, 11) is 1.55. The molecular formula is C14H18N6O3. The van der Waals surface area contributed by atoms with Crippen LogP contribution in [0.25, 0.3) is 11.1 Å². The van der Waals surface area contributed by atoms with E-state index in [0.717, 1.165) is 0 Å². The topological polar surface area (TPSA) is 105 Å². The lowest BCUT2D eigenvalue weighted by Crippen LogP contribution is -2.37. The molecule has 2 N–H and O–H groups in total. The highest BCUT2D eigenvalue weighted by Gasteiger charge is 2.21. The molecular weight excluding hydrogens is 300 g/mol. The van der Waals surface area contributed by atoms with Gasteiger partial charge in [-0.05, 0) is 6.92 Å². The minimum absolute atomic E-state index is 0.197. The first-order valence-electron chi connectivity index (χ1n) is 7.33. The second-order valence-electron chi connectivity index (χ2n) is 4.88. The van der Waals surface area contributed by atoms with Crippen LogP contribution in [0.3, 0.4) is 0 Å². The summed E-state index contributed by atoms with van der Waals surface area (Å²) in [5.74, 6) is 0.903. The minimum Gasteiger partial charge on any atom is -0.432 e. The van der Waals surface area contributed by atoms with Gasteiger partial charge in [0.05, 0.1) is 18.6 Å². The van der Waals surface area contributed by atoms with Gasteiger partial charge >= 0.3 is 0 Å². The normalized spacial score (nSPS) is 15.3. The second kappa shape index (κ2) is 6.61. The molecule has 9 heteroatoms. The molecule has 1 amide bonds. The zero-order valence-electron chi connectivity index (χ0n) is 13.0. The van der Waals surface area contributed by atoms with Gasteiger partial charge in [-0.25, -0.2) is 5.43 Å². The SMILES string of the molecule is C/C=N/Nc1nc(N2CCOCC2)c2cc(C(=O)NC)oc2n1. The van der Waals surface area contributed by atoms with E-state index in [9.17, 15) is 4.79 Å². The monoisotopic (exact) mass is 318 g/mol. The zero-order valence-corrected chi connectivity index (χ0v) is 13.0. The molecule has 3 heterocycles. The molecule has 0 saturated carbocycles. The van der Waals surface area contributed by atoms with Gasteiger partial charge in [0.1, 0.15) is 5.82 Å².